The molecule has 1 N–H and O–H groups in total. The molecule has 4 rings (SSSR count). The van der Waals surface area contributed by atoms with E-state index >= 15 is 0 Å². The van der Waals surface area contributed by atoms with E-state index in [2.05, 4.69) is 5.32 Å². The molecule has 1 unspecified atom stereocenters. The highest BCUT2D eigenvalue weighted by Gasteiger charge is 2.33. The minimum atomic E-state index is -0.700. The summed E-state index contributed by atoms with van der Waals surface area (Å²) >= 11 is 1.29. The fourth-order valence-electron chi connectivity index (χ4n) is 3.58. The molecule has 0 radical (unpaired) electrons. The Bertz CT molecular complexity index is 1200. The van der Waals surface area contributed by atoms with Crippen LogP contribution in [0.1, 0.15) is 29.8 Å². The molecule has 3 aromatic rings. The lowest BCUT2D eigenvalue weighted by Crippen LogP contribution is -2.47. The quantitative estimate of drug-likeness (QED) is 0.537. The predicted molar refractivity (Wildman–Crippen MR) is 128 cm³/mol. The number of aryl methyl sites for hydroxylation is 1. The van der Waals surface area contributed by atoms with Crippen molar-refractivity contribution in [3.05, 3.63) is 65.7 Å². The average molecular weight is 465 g/mol. The van der Waals surface area contributed by atoms with Crippen molar-refractivity contribution in [3.63, 3.8) is 0 Å². The Morgan fingerprint density at radius 2 is 1.91 bits per heavy atom. The number of hydrogen-bond donors (Lipinski definition) is 1. The third-order valence-corrected chi connectivity index (χ3v) is 6.26. The highest BCUT2D eigenvalue weighted by Crippen LogP contribution is 2.37. The van der Waals surface area contributed by atoms with Gasteiger partial charge in [0.2, 0.25) is 5.91 Å². The highest BCUT2D eigenvalue weighted by molar-refractivity contribution is 7.20. The second-order valence-corrected chi connectivity index (χ2v) is 8.70. The van der Waals surface area contributed by atoms with E-state index in [1.165, 1.54) is 16.2 Å². The molecule has 170 valence electrons. The number of nitrogens with one attached hydrogen (secondary N) is 1. The Morgan fingerprint density at radius 3 is 2.64 bits per heavy atom. The summed E-state index contributed by atoms with van der Waals surface area (Å²) in [7, 11) is 0. The fourth-order valence-corrected chi connectivity index (χ4v) is 4.65. The van der Waals surface area contributed by atoms with Crippen molar-refractivity contribution in [3.8, 4) is 16.2 Å². The van der Waals surface area contributed by atoms with Gasteiger partial charge < -0.3 is 14.8 Å². The number of esters is 1. The van der Waals surface area contributed by atoms with Gasteiger partial charge in [0.25, 0.3) is 5.91 Å². The van der Waals surface area contributed by atoms with E-state index in [1.807, 2.05) is 49.4 Å². The second-order valence-electron chi connectivity index (χ2n) is 7.64. The van der Waals surface area contributed by atoms with Crippen LogP contribution in [0.15, 0.2) is 54.6 Å². The molecule has 1 aliphatic heterocycles. The van der Waals surface area contributed by atoms with E-state index in [9.17, 15) is 14.4 Å². The molecule has 2 aromatic carbocycles. The molecule has 0 spiro atoms. The molecule has 1 aliphatic rings. The Hall–Kier alpha value is -3.65. The van der Waals surface area contributed by atoms with Crippen LogP contribution in [0, 0.1) is 6.92 Å². The zero-order chi connectivity index (χ0) is 23.5. The SMILES string of the molecule is CCOC(=O)c1cc(-c2ccccc2)sc1NC(=O)CN1C(=O)C(C)Oc2ccc(C)cc21. The van der Waals surface area contributed by atoms with Crippen molar-refractivity contribution >= 4 is 39.8 Å². The maximum Gasteiger partial charge on any atom is 0.341 e. The number of fused-ring (bicyclic) bond motifs is 1. The van der Waals surface area contributed by atoms with Crippen LogP contribution in [0.4, 0.5) is 10.7 Å². The number of hydrogen-bond acceptors (Lipinski definition) is 6. The van der Waals surface area contributed by atoms with Gasteiger partial charge in [-0.1, -0.05) is 36.4 Å². The number of carbonyl (C=O) groups is 3. The van der Waals surface area contributed by atoms with E-state index in [0.29, 0.717) is 16.4 Å². The molecule has 0 aliphatic carbocycles. The third kappa shape index (κ3) is 4.75. The Balaban J connectivity index is 1.61. The molecule has 0 fully saturated rings. The average Bonchev–Trinajstić information content (AvgIpc) is 3.22. The molecule has 33 heavy (non-hydrogen) atoms. The summed E-state index contributed by atoms with van der Waals surface area (Å²) in [4.78, 5) is 40.6. The van der Waals surface area contributed by atoms with Crippen molar-refractivity contribution in [1.29, 1.82) is 0 Å². The first kappa shape index (κ1) is 22.5. The number of ether oxygens (including phenoxy) is 2. The van der Waals surface area contributed by atoms with Gasteiger partial charge in [0, 0.05) is 4.88 Å². The number of amides is 2. The van der Waals surface area contributed by atoms with E-state index in [-0.39, 0.29) is 24.6 Å². The Labute approximate surface area is 195 Å². The molecule has 2 amide bonds. The summed E-state index contributed by atoms with van der Waals surface area (Å²) in [6.07, 6.45) is -0.700. The van der Waals surface area contributed by atoms with Gasteiger partial charge in [-0.05, 0) is 50.1 Å². The van der Waals surface area contributed by atoms with Crippen LogP contribution in [0.25, 0.3) is 10.4 Å². The van der Waals surface area contributed by atoms with Crippen LogP contribution < -0.4 is 15.0 Å². The van der Waals surface area contributed by atoms with Gasteiger partial charge >= 0.3 is 5.97 Å². The second kappa shape index (κ2) is 9.46. The van der Waals surface area contributed by atoms with Crippen molar-refractivity contribution < 1.29 is 23.9 Å². The normalized spacial score (nSPS) is 14.9. The zero-order valence-corrected chi connectivity index (χ0v) is 19.4. The van der Waals surface area contributed by atoms with Gasteiger partial charge in [-0.2, -0.15) is 0 Å². The smallest absolute Gasteiger partial charge is 0.341 e. The monoisotopic (exact) mass is 464 g/mol. The molecule has 0 bridgehead atoms. The van der Waals surface area contributed by atoms with Gasteiger partial charge in [-0.25, -0.2) is 4.79 Å². The zero-order valence-electron chi connectivity index (χ0n) is 18.6. The summed E-state index contributed by atoms with van der Waals surface area (Å²) in [6.45, 7) is 5.30. The van der Waals surface area contributed by atoms with Crippen LogP contribution in [-0.2, 0) is 14.3 Å². The molecule has 2 heterocycles. The lowest BCUT2D eigenvalue weighted by atomic mass is 10.1. The number of anilines is 2. The Morgan fingerprint density at radius 1 is 1.15 bits per heavy atom. The van der Waals surface area contributed by atoms with Crippen LogP contribution in [0.2, 0.25) is 0 Å². The molecule has 0 saturated heterocycles. The highest BCUT2D eigenvalue weighted by atomic mass is 32.1. The first-order valence-electron chi connectivity index (χ1n) is 10.6. The molecule has 7 nitrogen and oxygen atoms in total. The van der Waals surface area contributed by atoms with Crippen LogP contribution in [0.5, 0.6) is 5.75 Å². The largest absolute Gasteiger partial charge is 0.479 e. The van der Waals surface area contributed by atoms with Crippen LogP contribution in [-0.4, -0.2) is 37.0 Å². The van der Waals surface area contributed by atoms with Crippen molar-refractivity contribution in [2.75, 3.05) is 23.4 Å². The van der Waals surface area contributed by atoms with Gasteiger partial charge in [0.05, 0.1) is 17.9 Å². The lowest BCUT2D eigenvalue weighted by Gasteiger charge is -2.32. The first-order valence-corrected chi connectivity index (χ1v) is 11.4. The third-order valence-electron chi connectivity index (χ3n) is 5.16. The predicted octanol–water partition coefficient (Wildman–Crippen LogP) is 4.65. The summed E-state index contributed by atoms with van der Waals surface area (Å²) in [6, 6.07) is 16.8. The Kier molecular flexibility index (Phi) is 6.46. The lowest BCUT2D eigenvalue weighted by molar-refractivity contribution is -0.127. The number of rotatable bonds is 6. The summed E-state index contributed by atoms with van der Waals surface area (Å²) < 4.78 is 10.9. The van der Waals surface area contributed by atoms with Gasteiger partial charge in [0.1, 0.15) is 17.3 Å². The number of nitrogens with zero attached hydrogens (tertiary/aromatic N) is 1. The molecule has 0 saturated carbocycles. The fraction of sp³-hybridized carbons (Fsp3) is 0.240. The molecular formula is C25H24N2O5S. The summed E-state index contributed by atoms with van der Waals surface area (Å²) in [5.74, 6) is -0.680. The van der Waals surface area contributed by atoms with E-state index in [1.54, 1.807) is 26.0 Å². The van der Waals surface area contributed by atoms with E-state index in [0.717, 1.165) is 16.0 Å². The number of thiophene rings is 1. The van der Waals surface area contributed by atoms with E-state index < -0.39 is 18.0 Å². The van der Waals surface area contributed by atoms with Crippen molar-refractivity contribution in [2.24, 2.45) is 0 Å². The summed E-state index contributed by atoms with van der Waals surface area (Å²) in [5, 5.41) is 3.20. The molecule has 8 heteroatoms. The van der Waals surface area contributed by atoms with Gasteiger partial charge in [0.15, 0.2) is 6.10 Å². The topological polar surface area (TPSA) is 84.9 Å². The standard InChI is InChI=1S/C25H24N2O5S/c1-4-31-25(30)18-13-21(17-8-6-5-7-9-17)33-23(18)26-22(28)14-27-19-12-15(2)10-11-20(19)32-16(3)24(27)29/h5-13,16H,4,14H2,1-3H3,(H,26,28). The summed E-state index contributed by atoms with van der Waals surface area (Å²) in [5.41, 5.74) is 2.71. The maximum atomic E-state index is 13.0. The van der Waals surface area contributed by atoms with Crippen molar-refractivity contribution in [2.45, 2.75) is 26.9 Å². The minimum Gasteiger partial charge on any atom is -0.479 e. The molecule has 1 aromatic heterocycles. The maximum absolute atomic E-state index is 13.0. The molecular weight excluding hydrogens is 440 g/mol. The first-order chi connectivity index (χ1) is 15.9. The molecule has 1 atom stereocenters. The number of benzene rings is 2. The van der Waals surface area contributed by atoms with Gasteiger partial charge in [-0.15, -0.1) is 11.3 Å². The van der Waals surface area contributed by atoms with Crippen molar-refractivity contribution in [1.82, 2.24) is 0 Å². The minimum absolute atomic E-state index is 0.205. The van der Waals surface area contributed by atoms with Crippen LogP contribution in [0.3, 0.4) is 0 Å². The van der Waals surface area contributed by atoms with Gasteiger partial charge in [-0.3, -0.25) is 14.5 Å². The number of carbonyl (C=O) groups excluding carboxylic acids is 3. The van der Waals surface area contributed by atoms with E-state index in [4.69, 9.17) is 9.47 Å². The van der Waals surface area contributed by atoms with Crippen LogP contribution >= 0.6 is 11.3 Å².